The molecule has 1 aromatic carbocycles. The van der Waals surface area contributed by atoms with Crippen molar-refractivity contribution in [2.24, 2.45) is 0 Å². The molecular weight excluding hydrogens is 276 g/mol. The molecule has 0 bridgehead atoms. The lowest BCUT2D eigenvalue weighted by molar-refractivity contribution is -0.129. The maximum absolute atomic E-state index is 12.1. The molecular formula is C18H26N2O2. The minimum Gasteiger partial charge on any atom is -0.496 e. The predicted octanol–water partition coefficient (Wildman–Crippen LogP) is 2.39. The Morgan fingerprint density at radius 3 is 3.05 bits per heavy atom. The van der Waals surface area contributed by atoms with Crippen molar-refractivity contribution in [3.63, 3.8) is 0 Å². The summed E-state index contributed by atoms with van der Waals surface area (Å²) in [4.78, 5) is 14.2. The molecule has 1 aromatic rings. The lowest BCUT2D eigenvalue weighted by atomic mass is 10.1. The van der Waals surface area contributed by atoms with Crippen LogP contribution < -0.4 is 10.1 Å². The van der Waals surface area contributed by atoms with Crippen LogP contribution in [0.3, 0.4) is 0 Å². The summed E-state index contributed by atoms with van der Waals surface area (Å²) >= 11 is 0. The van der Waals surface area contributed by atoms with Crippen molar-refractivity contribution >= 4 is 5.91 Å². The van der Waals surface area contributed by atoms with Gasteiger partial charge in [-0.15, -0.1) is 6.58 Å². The second kappa shape index (κ2) is 8.59. The van der Waals surface area contributed by atoms with Crippen LogP contribution in [-0.4, -0.2) is 43.6 Å². The van der Waals surface area contributed by atoms with Crippen LogP contribution in [0.4, 0.5) is 0 Å². The molecule has 1 aliphatic rings. The van der Waals surface area contributed by atoms with E-state index in [2.05, 4.69) is 18.0 Å². The summed E-state index contributed by atoms with van der Waals surface area (Å²) in [6.45, 7) is 6.21. The van der Waals surface area contributed by atoms with Gasteiger partial charge in [0.05, 0.1) is 7.11 Å². The minimum atomic E-state index is 0.281. The largest absolute Gasteiger partial charge is 0.496 e. The molecule has 1 fully saturated rings. The Kier molecular flexibility index (Phi) is 6.46. The summed E-state index contributed by atoms with van der Waals surface area (Å²) in [5.41, 5.74) is 1.16. The number of methoxy groups -OCH3 is 1. The van der Waals surface area contributed by atoms with Crippen molar-refractivity contribution in [2.75, 3.05) is 26.7 Å². The molecule has 0 aromatic heterocycles. The number of rotatable bonds is 9. The third-order valence-corrected chi connectivity index (χ3v) is 4.21. The smallest absolute Gasteiger partial charge is 0.222 e. The van der Waals surface area contributed by atoms with Crippen molar-refractivity contribution in [1.29, 1.82) is 0 Å². The molecule has 0 aliphatic carbocycles. The summed E-state index contributed by atoms with van der Waals surface area (Å²) in [5, 5.41) is 3.31. The van der Waals surface area contributed by atoms with E-state index in [1.807, 2.05) is 29.2 Å². The van der Waals surface area contributed by atoms with E-state index in [0.29, 0.717) is 12.5 Å². The van der Waals surface area contributed by atoms with Crippen LogP contribution in [-0.2, 0) is 11.2 Å². The van der Waals surface area contributed by atoms with Gasteiger partial charge in [0.15, 0.2) is 0 Å². The van der Waals surface area contributed by atoms with Crippen molar-refractivity contribution in [1.82, 2.24) is 10.2 Å². The number of hydrogen-bond donors (Lipinski definition) is 1. The Bertz CT molecular complexity index is 502. The first-order valence-electron chi connectivity index (χ1n) is 7.99. The van der Waals surface area contributed by atoms with Crippen LogP contribution in [0.2, 0.25) is 0 Å². The number of benzene rings is 1. The highest BCUT2D eigenvalue weighted by atomic mass is 16.5. The van der Waals surface area contributed by atoms with Gasteiger partial charge in [0, 0.05) is 25.6 Å². The zero-order chi connectivity index (χ0) is 15.8. The number of amides is 1. The van der Waals surface area contributed by atoms with Crippen molar-refractivity contribution < 1.29 is 9.53 Å². The van der Waals surface area contributed by atoms with Gasteiger partial charge in [-0.25, -0.2) is 0 Å². The molecule has 1 N–H and O–H groups in total. The number of para-hydroxylation sites is 1. The maximum Gasteiger partial charge on any atom is 0.222 e. The molecule has 1 amide bonds. The van der Waals surface area contributed by atoms with Crippen molar-refractivity contribution in [3.8, 4) is 5.75 Å². The second-order valence-corrected chi connectivity index (χ2v) is 5.62. The van der Waals surface area contributed by atoms with Crippen LogP contribution in [0, 0.1) is 0 Å². The van der Waals surface area contributed by atoms with Gasteiger partial charge >= 0.3 is 0 Å². The van der Waals surface area contributed by atoms with E-state index >= 15 is 0 Å². The number of likely N-dealkylation sites (tertiary alicyclic amines) is 1. The quantitative estimate of drug-likeness (QED) is 0.562. The monoisotopic (exact) mass is 302 g/mol. The Morgan fingerprint density at radius 2 is 2.27 bits per heavy atom. The average Bonchev–Trinajstić information content (AvgIpc) is 2.90. The van der Waals surface area contributed by atoms with E-state index in [4.69, 9.17) is 4.74 Å². The Labute approximate surface area is 133 Å². The number of carbonyl (C=O) groups excluding carboxylic acids is 1. The highest BCUT2D eigenvalue weighted by molar-refractivity contribution is 5.78. The van der Waals surface area contributed by atoms with Crippen LogP contribution in [0.5, 0.6) is 5.75 Å². The zero-order valence-electron chi connectivity index (χ0n) is 13.4. The van der Waals surface area contributed by atoms with Crippen molar-refractivity contribution in [2.45, 2.75) is 31.7 Å². The molecule has 1 atom stereocenters. The second-order valence-electron chi connectivity index (χ2n) is 5.62. The lowest BCUT2D eigenvalue weighted by Crippen LogP contribution is -2.36. The number of nitrogens with zero attached hydrogens (tertiary/aromatic N) is 1. The van der Waals surface area contributed by atoms with Gasteiger partial charge in [0.25, 0.3) is 0 Å². The standard InChI is InChI=1S/C18H26N2O2/c1-3-12-19-13-10-16-8-9-18(21)20(16)14-11-15-6-4-5-7-17(15)22-2/h3-7,16,19H,1,8-14H2,2H3. The van der Waals surface area contributed by atoms with Crippen LogP contribution in [0.15, 0.2) is 36.9 Å². The summed E-state index contributed by atoms with van der Waals surface area (Å²) in [5.74, 6) is 1.18. The molecule has 1 saturated heterocycles. The lowest BCUT2D eigenvalue weighted by Gasteiger charge is -2.25. The molecule has 2 rings (SSSR count). The van der Waals surface area contributed by atoms with Gasteiger partial charge in [-0.3, -0.25) is 4.79 Å². The van der Waals surface area contributed by atoms with Gasteiger partial charge in [0.1, 0.15) is 5.75 Å². The Morgan fingerprint density at radius 1 is 1.45 bits per heavy atom. The number of nitrogens with one attached hydrogen (secondary N) is 1. The fourth-order valence-electron chi connectivity index (χ4n) is 3.02. The molecule has 0 radical (unpaired) electrons. The summed E-state index contributed by atoms with van der Waals surface area (Å²) in [6, 6.07) is 8.38. The third-order valence-electron chi connectivity index (χ3n) is 4.21. The van der Waals surface area contributed by atoms with Crippen LogP contribution >= 0.6 is 0 Å². The van der Waals surface area contributed by atoms with E-state index in [1.54, 1.807) is 7.11 Å². The minimum absolute atomic E-state index is 0.281. The van der Waals surface area contributed by atoms with Gasteiger partial charge in [-0.1, -0.05) is 24.3 Å². The fraction of sp³-hybridized carbons (Fsp3) is 0.500. The van der Waals surface area contributed by atoms with Gasteiger partial charge in [-0.05, 0) is 37.4 Å². The molecule has 1 heterocycles. The highest BCUT2D eigenvalue weighted by Crippen LogP contribution is 2.23. The van der Waals surface area contributed by atoms with E-state index in [1.165, 1.54) is 0 Å². The van der Waals surface area contributed by atoms with Crippen molar-refractivity contribution in [3.05, 3.63) is 42.5 Å². The van der Waals surface area contributed by atoms with E-state index in [-0.39, 0.29) is 5.91 Å². The Balaban J connectivity index is 1.88. The number of hydrogen-bond acceptors (Lipinski definition) is 3. The normalized spacial score (nSPS) is 17.8. The fourth-order valence-corrected chi connectivity index (χ4v) is 3.02. The molecule has 22 heavy (non-hydrogen) atoms. The summed E-state index contributed by atoms with van der Waals surface area (Å²) < 4.78 is 5.38. The number of carbonyl (C=O) groups is 1. The predicted molar refractivity (Wildman–Crippen MR) is 89.1 cm³/mol. The molecule has 0 saturated carbocycles. The first kappa shape index (κ1) is 16.6. The molecule has 4 nitrogen and oxygen atoms in total. The summed E-state index contributed by atoms with van der Waals surface area (Å²) in [6.07, 6.45) is 5.36. The molecule has 1 unspecified atom stereocenters. The zero-order valence-corrected chi connectivity index (χ0v) is 13.4. The van der Waals surface area contributed by atoms with Crippen LogP contribution in [0.1, 0.15) is 24.8 Å². The average molecular weight is 302 g/mol. The first-order valence-corrected chi connectivity index (χ1v) is 7.99. The molecule has 120 valence electrons. The maximum atomic E-state index is 12.1. The Hall–Kier alpha value is -1.81. The summed E-state index contributed by atoms with van der Waals surface area (Å²) in [7, 11) is 1.69. The van der Waals surface area contributed by atoms with Crippen LogP contribution in [0.25, 0.3) is 0 Å². The van der Waals surface area contributed by atoms with E-state index in [0.717, 1.165) is 50.2 Å². The highest BCUT2D eigenvalue weighted by Gasteiger charge is 2.29. The number of ether oxygens (including phenoxy) is 1. The topological polar surface area (TPSA) is 41.6 Å². The van der Waals surface area contributed by atoms with Gasteiger partial charge in [-0.2, -0.15) is 0 Å². The first-order chi connectivity index (χ1) is 10.8. The SMILES string of the molecule is C=CCNCCC1CCC(=O)N1CCc1ccccc1OC. The molecule has 1 aliphatic heterocycles. The third kappa shape index (κ3) is 4.34. The van der Waals surface area contributed by atoms with Gasteiger partial charge in [0.2, 0.25) is 5.91 Å². The van der Waals surface area contributed by atoms with E-state index in [9.17, 15) is 4.79 Å². The molecule has 4 heteroatoms. The molecule has 0 spiro atoms. The van der Waals surface area contributed by atoms with E-state index < -0.39 is 0 Å². The van der Waals surface area contributed by atoms with Gasteiger partial charge < -0.3 is 15.0 Å².